The molecular formula is C18H12F3N3O5S. The molecule has 0 atom stereocenters. The Morgan fingerprint density at radius 1 is 1.17 bits per heavy atom. The Kier molecular flexibility index (Phi) is 4.94. The minimum Gasteiger partial charge on any atom is -0.486 e. The van der Waals surface area contributed by atoms with Crippen LogP contribution in [0.25, 0.3) is 10.1 Å². The van der Waals surface area contributed by atoms with Gasteiger partial charge in [-0.1, -0.05) is 17.4 Å². The number of halogens is 3. The van der Waals surface area contributed by atoms with E-state index in [9.17, 15) is 28.1 Å². The summed E-state index contributed by atoms with van der Waals surface area (Å²) in [5.74, 6) is 1.17. The lowest BCUT2D eigenvalue weighted by atomic mass is 10.1. The zero-order chi connectivity index (χ0) is 21.5. The average molecular weight is 439 g/mol. The number of hydrogen-bond acceptors (Lipinski definition) is 8. The van der Waals surface area contributed by atoms with E-state index in [1.807, 2.05) is 0 Å². The third-order valence-electron chi connectivity index (χ3n) is 4.28. The summed E-state index contributed by atoms with van der Waals surface area (Å²) in [6.07, 6.45) is -4.83. The Morgan fingerprint density at radius 3 is 2.60 bits per heavy atom. The minimum atomic E-state index is -4.83. The van der Waals surface area contributed by atoms with Gasteiger partial charge in [0.1, 0.15) is 17.9 Å². The van der Waals surface area contributed by atoms with Gasteiger partial charge in [0.05, 0.1) is 15.9 Å². The quantitative estimate of drug-likeness (QED) is 0.485. The van der Waals surface area contributed by atoms with Crippen LogP contribution in [0, 0.1) is 10.1 Å². The van der Waals surface area contributed by atoms with E-state index in [4.69, 9.17) is 9.47 Å². The predicted molar refractivity (Wildman–Crippen MR) is 102 cm³/mol. The number of nitrogens with zero attached hydrogens (tertiary/aromatic N) is 2. The van der Waals surface area contributed by atoms with Gasteiger partial charge in [-0.25, -0.2) is 0 Å². The molecule has 2 heterocycles. The molecule has 1 aliphatic rings. The summed E-state index contributed by atoms with van der Waals surface area (Å²) in [4.78, 5) is 26.4. The fourth-order valence-electron chi connectivity index (χ4n) is 2.90. The van der Waals surface area contributed by atoms with Gasteiger partial charge in [-0.15, -0.1) is 0 Å². The molecule has 0 saturated carbocycles. The van der Waals surface area contributed by atoms with Crippen LogP contribution in [0.1, 0.15) is 11.1 Å². The minimum absolute atomic E-state index is 0.0465. The Bertz CT molecular complexity index is 1210. The van der Waals surface area contributed by atoms with E-state index >= 15 is 0 Å². The number of hydrogen-bond donors (Lipinski definition) is 1. The molecule has 1 N–H and O–H groups in total. The first-order valence-electron chi connectivity index (χ1n) is 8.55. The monoisotopic (exact) mass is 439 g/mol. The highest BCUT2D eigenvalue weighted by Gasteiger charge is 2.34. The third-order valence-corrected chi connectivity index (χ3v) is 5.34. The van der Waals surface area contributed by atoms with Gasteiger partial charge in [0.15, 0.2) is 16.6 Å². The number of ether oxygens (including phenoxy) is 2. The number of nitro benzene ring substituents is 1. The lowest BCUT2D eigenvalue weighted by Gasteiger charge is -2.19. The van der Waals surface area contributed by atoms with Crippen LogP contribution < -0.4 is 20.3 Å². The molecule has 0 bridgehead atoms. The topological polar surface area (TPSA) is 104 Å². The van der Waals surface area contributed by atoms with E-state index in [2.05, 4.69) is 10.3 Å². The first-order chi connectivity index (χ1) is 14.2. The molecule has 12 heteroatoms. The van der Waals surface area contributed by atoms with Gasteiger partial charge in [0.25, 0.3) is 11.2 Å². The molecule has 1 aliphatic heterocycles. The number of fused-ring (bicyclic) bond motifs is 2. The zero-order valence-electron chi connectivity index (χ0n) is 15.0. The number of rotatable bonds is 4. The number of benzene rings is 2. The molecule has 0 amide bonds. The van der Waals surface area contributed by atoms with Crippen molar-refractivity contribution in [2.45, 2.75) is 12.7 Å². The number of aromatic nitrogens is 1. The van der Waals surface area contributed by atoms with Gasteiger partial charge < -0.3 is 14.8 Å². The molecule has 156 valence electrons. The van der Waals surface area contributed by atoms with Crippen LogP contribution in [0.3, 0.4) is 0 Å². The molecule has 4 rings (SSSR count). The molecule has 3 aromatic rings. The van der Waals surface area contributed by atoms with Crippen LogP contribution in [0.5, 0.6) is 11.5 Å². The largest absolute Gasteiger partial charge is 0.486 e. The zero-order valence-corrected chi connectivity index (χ0v) is 15.8. The molecule has 0 unspecified atom stereocenters. The Morgan fingerprint density at radius 2 is 1.90 bits per heavy atom. The normalized spacial score (nSPS) is 13.3. The van der Waals surface area contributed by atoms with Crippen LogP contribution >= 0.6 is 11.3 Å². The van der Waals surface area contributed by atoms with E-state index in [-0.39, 0.29) is 16.4 Å². The van der Waals surface area contributed by atoms with Gasteiger partial charge in [-0.3, -0.25) is 14.9 Å². The lowest BCUT2D eigenvalue weighted by molar-refractivity contribution is -0.383. The van der Waals surface area contributed by atoms with Crippen molar-refractivity contribution in [2.75, 3.05) is 18.5 Å². The van der Waals surface area contributed by atoms with Crippen LogP contribution in [-0.4, -0.2) is 23.1 Å². The first-order valence-corrected chi connectivity index (χ1v) is 9.37. The fourth-order valence-corrected chi connectivity index (χ4v) is 3.86. The summed E-state index contributed by atoms with van der Waals surface area (Å²) in [5, 5.41) is 13.8. The summed E-state index contributed by atoms with van der Waals surface area (Å²) >= 11 is 0.736. The van der Waals surface area contributed by atoms with Gasteiger partial charge in [0, 0.05) is 12.6 Å². The second kappa shape index (κ2) is 7.44. The average Bonchev–Trinajstić information content (AvgIpc) is 2.70. The number of non-ortho nitro benzene ring substituents is 1. The van der Waals surface area contributed by atoms with Crippen LogP contribution in [-0.2, 0) is 12.7 Å². The SMILES string of the molecule is O=c1nc(NCc2ccc3c(c2)OCCO3)sc2c([N+](=O)[O-])cc(C(F)(F)F)cc12. The predicted octanol–water partition coefficient (Wildman–Crippen LogP) is 3.97. The standard InChI is InChI=1S/C18H12F3N3O5S/c19-18(20,21)10-6-11-15(12(7-10)24(26)27)30-17(23-16(11)25)22-8-9-1-2-13-14(5-9)29-4-3-28-13/h1-2,5-7H,3-4,8H2,(H,22,23,25). The molecule has 0 saturated heterocycles. The molecule has 0 aliphatic carbocycles. The molecule has 2 aromatic carbocycles. The maximum Gasteiger partial charge on any atom is 0.416 e. The first kappa shape index (κ1) is 19.9. The lowest BCUT2D eigenvalue weighted by Crippen LogP contribution is -2.15. The van der Waals surface area contributed by atoms with E-state index in [0.717, 1.165) is 16.9 Å². The maximum absolute atomic E-state index is 13.0. The van der Waals surface area contributed by atoms with Crippen molar-refractivity contribution in [1.82, 2.24) is 4.98 Å². The highest BCUT2D eigenvalue weighted by molar-refractivity contribution is 7.22. The van der Waals surface area contributed by atoms with Crippen molar-refractivity contribution < 1.29 is 27.6 Å². The summed E-state index contributed by atoms with van der Waals surface area (Å²) in [7, 11) is 0. The summed E-state index contributed by atoms with van der Waals surface area (Å²) in [5.41, 5.74) is -2.29. The van der Waals surface area contributed by atoms with Crippen molar-refractivity contribution in [3.8, 4) is 11.5 Å². The van der Waals surface area contributed by atoms with E-state index in [1.165, 1.54) is 0 Å². The van der Waals surface area contributed by atoms with Gasteiger partial charge in [-0.2, -0.15) is 18.2 Å². The molecule has 8 nitrogen and oxygen atoms in total. The molecule has 0 fully saturated rings. The number of nitrogens with one attached hydrogen (secondary N) is 1. The number of anilines is 1. The van der Waals surface area contributed by atoms with Crippen molar-refractivity contribution >= 4 is 32.2 Å². The highest BCUT2D eigenvalue weighted by atomic mass is 32.1. The van der Waals surface area contributed by atoms with Crippen molar-refractivity contribution in [3.05, 3.63) is 61.9 Å². The van der Waals surface area contributed by atoms with E-state index < -0.39 is 33.3 Å². The smallest absolute Gasteiger partial charge is 0.416 e. The van der Waals surface area contributed by atoms with Crippen molar-refractivity contribution in [1.29, 1.82) is 0 Å². The van der Waals surface area contributed by atoms with Crippen LogP contribution in [0.4, 0.5) is 24.0 Å². The Labute approximate surface area is 170 Å². The van der Waals surface area contributed by atoms with Crippen LogP contribution in [0.15, 0.2) is 35.1 Å². The van der Waals surface area contributed by atoms with Crippen molar-refractivity contribution in [3.63, 3.8) is 0 Å². The summed E-state index contributed by atoms with van der Waals surface area (Å²) in [6, 6.07) is 6.23. The van der Waals surface area contributed by atoms with Crippen LogP contribution in [0.2, 0.25) is 0 Å². The summed E-state index contributed by atoms with van der Waals surface area (Å²) < 4.78 is 49.8. The molecule has 0 radical (unpaired) electrons. The van der Waals surface area contributed by atoms with E-state index in [1.54, 1.807) is 18.2 Å². The maximum atomic E-state index is 13.0. The van der Waals surface area contributed by atoms with Gasteiger partial charge >= 0.3 is 6.18 Å². The fraction of sp³-hybridized carbons (Fsp3) is 0.222. The molecule has 1 aromatic heterocycles. The molecule has 30 heavy (non-hydrogen) atoms. The molecular weight excluding hydrogens is 427 g/mol. The highest BCUT2D eigenvalue weighted by Crippen LogP contribution is 2.38. The second-order valence-electron chi connectivity index (χ2n) is 6.28. The van der Waals surface area contributed by atoms with Gasteiger partial charge in [-0.05, 0) is 23.8 Å². The second-order valence-corrected chi connectivity index (χ2v) is 7.28. The van der Waals surface area contributed by atoms with E-state index in [0.29, 0.717) is 36.8 Å². The summed E-state index contributed by atoms with van der Waals surface area (Å²) in [6.45, 7) is 1.08. The van der Waals surface area contributed by atoms with Gasteiger partial charge in [0.2, 0.25) is 0 Å². The number of alkyl halides is 3. The Balaban J connectivity index is 1.68. The number of nitro groups is 1. The molecule has 0 spiro atoms. The van der Waals surface area contributed by atoms with Crippen molar-refractivity contribution in [2.24, 2.45) is 0 Å². The third kappa shape index (κ3) is 3.85. The Hall–Kier alpha value is -3.41.